The second-order valence-electron chi connectivity index (χ2n) is 2.85. The molecule has 0 spiro atoms. The molecule has 0 saturated carbocycles. The van der Waals surface area contributed by atoms with Crippen molar-refractivity contribution in [3.05, 3.63) is 22.2 Å². The first-order chi connectivity index (χ1) is 6.06. The van der Waals surface area contributed by atoms with E-state index >= 15 is 0 Å². The summed E-state index contributed by atoms with van der Waals surface area (Å²) >= 11 is 12.0. The zero-order chi connectivity index (χ0) is 10.0. The maximum Gasteiger partial charge on any atom is 0.0743 e. The van der Waals surface area contributed by atoms with Crippen LogP contribution in [0.4, 0.5) is 11.4 Å². The van der Waals surface area contributed by atoms with Crippen molar-refractivity contribution in [3.63, 3.8) is 0 Å². The lowest BCUT2D eigenvalue weighted by molar-refractivity contribution is 0.969. The second kappa shape index (κ2) is 4.07. The fourth-order valence-corrected chi connectivity index (χ4v) is 1.90. The predicted molar refractivity (Wildman–Crippen MR) is 59.8 cm³/mol. The molecule has 0 radical (unpaired) electrons. The Morgan fingerprint density at radius 1 is 1.31 bits per heavy atom. The van der Waals surface area contributed by atoms with E-state index in [1.807, 2.05) is 18.9 Å². The van der Waals surface area contributed by atoms with Crippen LogP contribution >= 0.6 is 23.2 Å². The van der Waals surface area contributed by atoms with Gasteiger partial charge in [-0.3, -0.25) is 0 Å². The van der Waals surface area contributed by atoms with Gasteiger partial charge in [-0.25, -0.2) is 0 Å². The Hall–Kier alpha value is -0.600. The van der Waals surface area contributed by atoms with Crippen molar-refractivity contribution in [2.24, 2.45) is 0 Å². The van der Waals surface area contributed by atoms with Crippen LogP contribution < -0.4 is 10.6 Å². The van der Waals surface area contributed by atoms with Crippen LogP contribution in [0.15, 0.2) is 12.1 Å². The first-order valence-corrected chi connectivity index (χ1v) is 4.77. The fraction of sp³-hybridized carbons (Fsp3) is 0.333. The van der Waals surface area contributed by atoms with E-state index in [1.165, 1.54) is 0 Å². The first-order valence-electron chi connectivity index (χ1n) is 4.02. The Morgan fingerprint density at radius 3 is 2.15 bits per heavy atom. The molecule has 1 rings (SSSR count). The van der Waals surface area contributed by atoms with Gasteiger partial charge in [-0.1, -0.05) is 23.2 Å². The predicted octanol–water partition coefficient (Wildman–Crippen LogP) is 3.03. The van der Waals surface area contributed by atoms with Crippen molar-refractivity contribution in [1.29, 1.82) is 0 Å². The van der Waals surface area contributed by atoms with Gasteiger partial charge in [0.25, 0.3) is 0 Å². The average molecular weight is 219 g/mol. The molecule has 0 aliphatic rings. The van der Waals surface area contributed by atoms with Crippen molar-refractivity contribution < 1.29 is 0 Å². The molecule has 4 heteroatoms. The molecule has 0 bridgehead atoms. The van der Waals surface area contributed by atoms with E-state index in [9.17, 15) is 0 Å². The van der Waals surface area contributed by atoms with Crippen LogP contribution in [0.1, 0.15) is 6.92 Å². The average Bonchev–Trinajstić information content (AvgIpc) is 2.02. The van der Waals surface area contributed by atoms with Crippen molar-refractivity contribution >= 4 is 34.6 Å². The number of hydrogen-bond acceptors (Lipinski definition) is 2. The van der Waals surface area contributed by atoms with E-state index in [0.717, 1.165) is 12.2 Å². The highest BCUT2D eigenvalue weighted by Gasteiger charge is 2.09. The summed E-state index contributed by atoms with van der Waals surface area (Å²) in [5.41, 5.74) is 7.00. The van der Waals surface area contributed by atoms with Gasteiger partial charge in [-0.15, -0.1) is 0 Å². The van der Waals surface area contributed by atoms with E-state index in [-0.39, 0.29) is 0 Å². The van der Waals surface area contributed by atoms with Gasteiger partial charge in [0.05, 0.1) is 15.7 Å². The van der Waals surface area contributed by atoms with Crippen molar-refractivity contribution in [2.45, 2.75) is 6.92 Å². The van der Waals surface area contributed by atoms with Crippen LogP contribution in [0.5, 0.6) is 0 Å². The van der Waals surface area contributed by atoms with Crippen LogP contribution in [-0.2, 0) is 0 Å². The Kier molecular flexibility index (Phi) is 3.28. The summed E-state index contributed by atoms with van der Waals surface area (Å²) in [5, 5.41) is 1.18. The SMILES string of the molecule is CCN(C)c1c(Cl)cc(N)cc1Cl. The van der Waals surface area contributed by atoms with Gasteiger partial charge in [-0.05, 0) is 19.1 Å². The number of halogens is 2. The lowest BCUT2D eigenvalue weighted by Crippen LogP contribution is -2.16. The molecule has 0 aliphatic heterocycles. The van der Waals surface area contributed by atoms with E-state index in [1.54, 1.807) is 12.1 Å². The Morgan fingerprint density at radius 2 is 1.77 bits per heavy atom. The molecular weight excluding hydrogens is 207 g/mol. The summed E-state index contributed by atoms with van der Waals surface area (Å²) in [6, 6.07) is 3.41. The number of anilines is 2. The normalized spacial score (nSPS) is 10.2. The molecule has 0 amide bonds. The van der Waals surface area contributed by atoms with Gasteiger partial charge < -0.3 is 10.6 Å². The van der Waals surface area contributed by atoms with Crippen LogP contribution in [0.2, 0.25) is 10.0 Å². The number of nitrogens with two attached hydrogens (primary N) is 1. The number of nitrogens with zero attached hydrogens (tertiary/aromatic N) is 1. The van der Waals surface area contributed by atoms with E-state index in [4.69, 9.17) is 28.9 Å². The Labute approximate surface area is 88.2 Å². The molecule has 2 N–H and O–H groups in total. The molecule has 0 aromatic heterocycles. The van der Waals surface area contributed by atoms with E-state index < -0.39 is 0 Å². The Bertz CT molecular complexity index is 289. The largest absolute Gasteiger partial charge is 0.399 e. The summed E-state index contributed by atoms with van der Waals surface area (Å²) in [6.07, 6.45) is 0. The zero-order valence-electron chi connectivity index (χ0n) is 7.64. The van der Waals surface area contributed by atoms with E-state index in [2.05, 4.69) is 0 Å². The molecule has 0 aliphatic carbocycles. The molecule has 0 saturated heterocycles. The highest BCUT2D eigenvalue weighted by molar-refractivity contribution is 6.39. The monoisotopic (exact) mass is 218 g/mol. The third-order valence-corrected chi connectivity index (χ3v) is 2.47. The maximum absolute atomic E-state index is 6.00. The number of rotatable bonds is 2. The van der Waals surface area contributed by atoms with Gasteiger partial charge in [0.2, 0.25) is 0 Å². The van der Waals surface area contributed by atoms with Crippen molar-refractivity contribution in [1.82, 2.24) is 0 Å². The molecule has 0 heterocycles. The van der Waals surface area contributed by atoms with Crippen LogP contribution in [-0.4, -0.2) is 13.6 Å². The third-order valence-electron chi connectivity index (χ3n) is 1.90. The standard InChI is InChI=1S/C9H12Cl2N2/c1-3-13(2)9-7(10)4-6(12)5-8(9)11/h4-5H,3,12H2,1-2H3. The summed E-state index contributed by atoms with van der Waals surface area (Å²) < 4.78 is 0. The highest BCUT2D eigenvalue weighted by Crippen LogP contribution is 2.34. The molecule has 13 heavy (non-hydrogen) atoms. The van der Waals surface area contributed by atoms with Gasteiger partial charge in [-0.2, -0.15) is 0 Å². The molecule has 1 aromatic carbocycles. The molecule has 1 aromatic rings. The highest BCUT2D eigenvalue weighted by atomic mass is 35.5. The molecule has 0 atom stereocenters. The second-order valence-corrected chi connectivity index (χ2v) is 3.66. The molecular formula is C9H12Cl2N2. The van der Waals surface area contributed by atoms with Gasteiger partial charge >= 0.3 is 0 Å². The quantitative estimate of drug-likeness (QED) is 0.774. The molecule has 0 unspecified atom stereocenters. The number of benzene rings is 1. The Balaban J connectivity index is 3.20. The van der Waals surface area contributed by atoms with E-state index in [0.29, 0.717) is 15.7 Å². The number of hydrogen-bond donors (Lipinski definition) is 1. The lowest BCUT2D eigenvalue weighted by atomic mass is 10.2. The minimum Gasteiger partial charge on any atom is -0.399 e. The van der Waals surface area contributed by atoms with Crippen molar-refractivity contribution in [2.75, 3.05) is 24.2 Å². The van der Waals surface area contributed by atoms with Crippen LogP contribution in [0.3, 0.4) is 0 Å². The van der Waals surface area contributed by atoms with Gasteiger partial charge in [0, 0.05) is 19.3 Å². The van der Waals surface area contributed by atoms with Gasteiger partial charge in [0.1, 0.15) is 0 Å². The summed E-state index contributed by atoms with van der Waals surface area (Å²) in [6.45, 7) is 2.88. The first kappa shape index (κ1) is 10.5. The van der Waals surface area contributed by atoms with Crippen molar-refractivity contribution in [3.8, 4) is 0 Å². The van der Waals surface area contributed by atoms with Crippen LogP contribution in [0, 0.1) is 0 Å². The lowest BCUT2D eigenvalue weighted by Gasteiger charge is -2.20. The molecule has 72 valence electrons. The summed E-state index contributed by atoms with van der Waals surface area (Å²) in [5.74, 6) is 0. The smallest absolute Gasteiger partial charge is 0.0743 e. The summed E-state index contributed by atoms with van der Waals surface area (Å²) in [7, 11) is 1.93. The molecule has 2 nitrogen and oxygen atoms in total. The number of nitrogen functional groups attached to an aromatic ring is 1. The third kappa shape index (κ3) is 2.20. The minimum atomic E-state index is 0.586. The van der Waals surface area contributed by atoms with Crippen LogP contribution in [0.25, 0.3) is 0 Å². The summed E-state index contributed by atoms with van der Waals surface area (Å²) in [4.78, 5) is 1.98. The topological polar surface area (TPSA) is 29.3 Å². The molecule has 0 fully saturated rings. The van der Waals surface area contributed by atoms with Gasteiger partial charge in [0.15, 0.2) is 0 Å². The zero-order valence-corrected chi connectivity index (χ0v) is 9.15. The maximum atomic E-state index is 6.00. The minimum absolute atomic E-state index is 0.586. The fourth-order valence-electron chi connectivity index (χ4n) is 1.11.